The second kappa shape index (κ2) is 9.23. The van der Waals surface area contributed by atoms with E-state index in [1.807, 2.05) is 6.07 Å². The van der Waals surface area contributed by atoms with Crippen LogP contribution in [-0.2, 0) is 6.42 Å². The van der Waals surface area contributed by atoms with Gasteiger partial charge in [-0.05, 0) is 30.9 Å². The molecule has 0 bridgehead atoms. The van der Waals surface area contributed by atoms with E-state index in [1.54, 1.807) is 0 Å². The Morgan fingerprint density at radius 3 is 2.52 bits per heavy atom. The van der Waals surface area contributed by atoms with E-state index in [1.165, 1.54) is 16.7 Å². The lowest BCUT2D eigenvalue weighted by Crippen LogP contribution is -2.47. The summed E-state index contributed by atoms with van der Waals surface area (Å²) in [5.74, 6) is 0.972. The predicted molar refractivity (Wildman–Crippen MR) is 116 cm³/mol. The predicted octanol–water partition coefficient (Wildman–Crippen LogP) is 4.28. The van der Waals surface area contributed by atoms with Crippen molar-refractivity contribution in [2.45, 2.75) is 32.6 Å². The van der Waals surface area contributed by atoms with Crippen molar-refractivity contribution < 1.29 is 4.52 Å². The highest BCUT2D eigenvalue weighted by atomic mass is 16.5. The van der Waals surface area contributed by atoms with Gasteiger partial charge in [-0.25, -0.2) is 0 Å². The van der Waals surface area contributed by atoms with E-state index < -0.39 is 0 Å². The van der Waals surface area contributed by atoms with E-state index >= 15 is 0 Å². The molecule has 0 spiro atoms. The lowest BCUT2D eigenvalue weighted by atomic mass is 9.96. The number of hydrogen-bond acceptors (Lipinski definition) is 5. The number of aryl methyl sites for hydroxylation is 1. The molecule has 0 amide bonds. The van der Waals surface area contributed by atoms with Crippen molar-refractivity contribution in [3.63, 3.8) is 0 Å². The fourth-order valence-corrected chi connectivity index (χ4v) is 4.07. The third kappa shape index (κ3) is 4.85. The summed E-state index contributed by atoms with van der Waals surface area (Å²) < 4.78 is 5.63. The number of hydrogen-bond donors (Lipinski definition) is 0. The SMILES string of the molecule is CCC(c1ccccc1)c1noc(N2CCN(CCc3cccc(C)c3)CC2)n1. The average Bonchev–Trinajstić information content (AvgIpc) is 3.24. The molecule has 0 saturated carbocycles. The summed E-state index contributed by atoms with van der Waals surface area (Å²) in [6.45, 7) is 9.33. The minimum absolute atomic E-state index is 0.185. The molecule has 1 fully saturated rings. The first kappa shape index (κ1) is 19.6. The van der Waals surface area contributed by atoms with Crippen LogP contribution in [0.1, 0.15) is 41.8 Å². The smallest absolute Gasteiger partial charge is 0.322 e. The van der Waals surface area contributed by atoms with Gasteiger partial charge in [0.05, 0.1) is 0 Å². The van der Waals surface area contributed by atoms with E-state index in [9.17, 15) is 0 Å². The first-order valence-electron chi connectivity index (χ1n) is 10.6. The molecular formula is C24H30N4O. The summed E-state index contributed by atoms with van der Waals surface area (Å²) >= 11 is 0. The molecule has 1 saturated heterocycles. The Morgan fingerprint density at radius 1 is 1.00 bits per heavy atom. The molecule has 1 unspecified atom stereocenters. The maximum absolute atomic E-state index is 5.63. The fourth-order valence-electron chi connectivity index (χ4n) is 4.07. The first-order valence-corrected chi connectivity index (χ1v) is 10.6. The van der Waals surface area contributed by atoms with Crippen molar-refractivity contribution >= 4 is 6.01 Å². The summed E-state index contributed by atoms with van der Waals surface area (Å²) in [4.78, 5) is 9.48. The van der Waals surface area contributed by atoms with Crippen LogP contribution < -0.4 is 4.90 Å². The third-order valence-electron chi connectivity index (χ3n) is 5.79. The van der Waals surface area contributed by atoms with Crippen molar-refractivity contribution in [2.75, 3.05) is 37.6 Å². The molecule has 152 valence electrons. The molecule has 0 aliphatic carbocycles. The zero-order chi connectivity index (χ0) is 20.1. The Morgan fingerprint density at radius 2 is 1.79 bits per heavy atom. The minimum Gasteiger partial charge on any atom is -0.322 e. The van der Waals surface area contributed by atoms with E-state index in [0.717, 1.165) is 51.4 Å². The Labute approximate surface area is 173 Å². The topological polar surface area (TPSA) is 45.4 Å². The van der Waals surface area contributed by atoms with Crippen molar-refractivity contribution in [1.82, 2.24) is 15.0 Å². The average molecular weight is 391 g/mol. The van der Waals surface area contributed by atoms with Crippen LogP contribution in [0.5, 0.6) is 0 Å². The number of benzene rings is 2. The van der Waals surface area contributed by atoms with Crippen LogP contribution in [0.2, 0.25) is 0 Å². The highest BCUT2D eigenvalue weighted by molar-refractivity contribution is 5.30. The summed E-state index contributed by atoms with van der Waals surface area (Å²) in [6, 6.07) is 19.9. The zero-order valence-corrected chi connectivity index (χ0v) is 17.4. The summed E-state index contributed by atoms with van der Waals surface area (Å²) in [5.41, 5.74) is 3.99. The van der Waals surface area contributed by atoms with Gasteiger partial charge in [0.15, 0.2) is 5.82 Å². The van der Waals surface area contributed by atoms with Gasteiger partial charge in [0.1, 0.15) is 0 Å². The van der Waals surface area contributed by atoms with Crippen molar-refractivity contribution in [3.05, 3.63) is 77.1 Å². The first-order chi connectivity index (χ1) is 14.2. The van der Waals surface area contributed by atoms with E-state index in [-0.39, 0.29) is 5.92 Å². The number of rotatable bonds is 7. The van der Waals surface area contributed by atoms with Gasteiger partial charge in [0.2, 0.25) is 0 Å². The third-order valence-corrected chi connectivity index (χ3v) is 5.79. The molecule has 3 aromatic rings. The lowest BCUT2D eigenvalue weighted by Gasteiger charge is -2.33. The summed E-state index contributed by atoms with van der Waals surface area (Å²) in [5, 5.41) is 4.30. The fraction of sp³-hybridized carbons (Fsp3) is 0.417. The largest absolute Gasteiger partial charge is 0.324 e. The van der Waals surface area contributed by atoms with Gasteiger partial charge in [-0.15, -0.1) is 0 Å². The highest BCUT2D eigenvalue weighted by Gasteiger charge is 2.24. The molecule has 0 N–H and O–H groups in total. The standard InChI is InChI=1S/C24H30N4O/c1-3-22(21-10-5-4-6-11-21)23-25-24(29-26-23)28-16-14-27(15-17-28)13-12-20-9-7-8-19(2)18-20/h4-11,18,22H,3,12-17H2,1-2H3. The number of nitrogens with zero attached hydrogens (tertiary/aromatic N) is 4. The van der Waals surface area contributed by atoms with Crippen molar-refractivity contribution in [1.29, 1.82) is 0 Å². The van der Waals surface area contributed by atoms with Gasteiger partial charge in [0.25, 0.3) is 0 Å². The van der Waals surface area contributed by atoms with Gasteiger partial charge in [0, 0.05) is 38.6 Å². The Balaban J connectivity index is 1.32. The molecule has 2 heterocycles. The molecular weight excluding hydrogens is 360 g/mol. The molecule has 0 radical (unpaired) electrons. The van der Waals surface area contributed by atoms with Gasteiger partial charge in [-0.1, -0.05) is 72.2 Å². The second-order valence-corrected chi connectivity index (χ2v) is 7.87. The number of anilines is 1. The van der Waals surface area contributed by atoms with Crippen LogP contribution >= 0.6 is 0 Å². The van der Waals surface area contributed by atoms with Gasteiger partial charge in [-0.2, -0.15) is 4.98 Å². The molecule has 29 heavy (non-hydrogen) atoms. The zero-order valence-electron chi connectivity index (χ0n) is 17.4. The summed E-state index contributed by atoms with van der Waals surface area (Å²) in [6.07, 6.45) is 2.05. The lowest BCUT2D eigenvalue weighted by molar-refractivity contribution is 0.253. The summed E-state index contributed by atoms with van der Waals surface area (Å²) in [7, 11) is 0. The van der Waals surface area contributed by atoms with Gasteiger partial charge < -0.3 is 9.42 Å². The van der Waals surface area contributed by atoms with Crippen LogP contribution in [0.4, 0.5) is 6.01 Å². The molecule has 1 aliphatic rings. The maximum atomic E-state index is 5.63. The molecule has 2 aromatic carbocycles. The number of aromatic nitrogens is 2. The quantitative estimate of drug-likeness (QED) is 0.602. The van der Waals surface area contributed by atoms with Crippen LogP contribution in [0.25, 0.3) is 0 Å². The van der Waals surface area contributed by atoms with Crippen LogP contribution in [-0.4, -0.2) is 47.8 Å². The second-order valence-electron chi connectivity index (χ2n) is 7.87. The molecule has 1 atom stereocenters. The molecule has 5 heteroatoms. The van der Waals surface area contributed by atoms with Gasteiger partial charge in [-0.3, -0.25) is 4.90 Å². The van der Waals surface area contributed by atoms with Crippen LogP contribution in [0, 0.1) is 6.92 Å². The minimum atomic E-state index is 0.185. The van der Waals surface area contributed by atoms with Crippen LogP contribution in [0.15, 0.2) is 59.1 Å². The van der Waals surface area contributed by atoms with Crippen molar-refractivity contribution in [2.24, 2.45) is 0 Å². The molecule has 1 aromatic heterocycles. The highest BCUT2D eigenvalue weighted by Crippen LogP contribution is 2.27. The Kier molecular flexibility index (Phi) is 6.25. The molecule has 4 rings (SSSR count). The van der Waals surface area contributed by atoms with Crippen LogP contribution in [0.3, 0.4) is 0 Å². The molecule has 5 nitrogen and oxygen atoms in total. The van der Waals surface area contributed by atoms with E-state index in [4.69, 9.17) is 9.51 Å². The molecule has 1 aliphatic heterocycles. The number of piperazine rings is 1. The van der Waals surface area contributed by atoms with E-state index in [2.05, 4.69) is 77.3 Å². The Bertz CT molecular complexity index is 900. The Hall–Kier alpha value is -2.66. The van der Waals surface area contributed by atoms with Crippen molar-refractivity contribution in [3.8, 4) is 0 Å². The monoisotopic (exact) mass is 390 g/mol. The maximum Gasteiger partial charge on any atom is 0.324 e. The normalized spacial score (nSPS) is 16.1. The van der Waals surface area contributed by atoms with Gasteiger partial charge >= 0.3 is 6.01 Å². The van der Waals surface area contributed by atoms with E-state index in [0.29, 0.717) is 6.01 Å².